The van der Waals surface area contributed by atoms with Crippen LogP contribution in [-0.2, 0) is 9.53 Å². The first kappa shape index (κ1) is 19.0. The second-order valence-corrected chi connectivity index (χ2v) is 8.32. The molecule has 1 aliphatic rings. The SMILES string of the molecule is CC(C)[C@H](CC(=O)O[C@@H]1C[C@H](C)CC[C@H]1C(C)C)c1ccccc1. The van der Waals surface area contributed by atoms with Crippen molar-refractivity contribution in [2.75, 3.05) is 0 Å². The second kappa shape index (κ2) is 8.69. The van der Waals surface area contributed by atoms with Crippen LogP contribution < -0.4 is 0 Å². The molecule has 2 heteroatoms. The van der Waals surface area contributed by atoms with Crippen LogP contribution in [0, 0.1) is 23.7 Å². The van der Waals surface area contributed by atoms with E-state index in [4.69, 9.17) is 4.74 Å². The number of benzene rings is 1. The minimum atomic E-state index is -0.0256. The molecule has 0 spiro atoms. The molecule has 0 radical (unpaired) electrons. The van der Waals surface area contributed by atoms with Gasteiger partial charge in [-0.1, -0.05) is 71.4 Å². The van der Waals surface area contributed by atoms with Gasteiger partial charge in [-0.15, -0.1) is 0 Å². The number of rotatable bonds is 6. The van der Waals surface area contributed by atoms with Gasteiger partial charge in [0.15, 0.2) is 0 Å². The molecule has 1 aliphatic carbocycles. The van der Waals surface area contributed by atoms with Crippen LogP contribution in [0.5, 0.6) is 0 Å². The van der Waals surface area contributed by atoms with Gasteiger partial charge in [0.1, 0.15) is 6.10 Å². The minimum absolute atomic E-state index is 0.0256. The topological polar surface area (TPSA) is 26.3 Å². The Labute approximate surface area is 148 Å². The van der Waals surface area contributed by atoms with Gasteiger partial charge in [0.2, 0.25) is 0 Å². The largest absolute Gasteiger partial charge is 0.462 e. The lowest BCUT2D eigenvalue weighted by atomic mass is 9.75. The molecule has 0 saturated heterocycles. The van der Waals surface area contributed by atoms with E-state index in [9.17, 15) is 4.79 Å². The molecule has 4 atom stereocenters. The number of carbonyl (C=O) groups is 1. The first-order valence-electron chi connectivity index (χ1n) is 9.62. The van der Waals surface area contributed by atoms with E-state index in [-0.39, 0.29) is 18.0 Å². The lowest BCUT2D eigenvalue weighted by Gasteiger charge is -2.37. The summed E-state index contributed by atoms with van der Waals surface area (Å²) < 4.78 is 6.00. The summed E-state index contributed by atoms with van der Waals surface area (Å²) in [5, 5.41) is 0. The Balaban J connectivity index is 2.02. The fraction of sp³-hybridized carbons (Fsp3) is 0.682. The van der Waals surface area contributed by atoms with Gasteiger partial charge >= 0.3 is 5.97 Å². The van der Waals surface area contributed by atoms with Crippen molar-refractivity contribution in [2.24, 2.45) is 23.7 Å². The predicted octanol–water partition coefficient (Wildman–Crippen LogP) is 5.82. The fourth-order valence-corrected chi connectivity index (χ4v) is 4.09. The summed E-state index contributed by atoms with van der Waals surface area (Å²) in [4.78, 5) is 12.7. The maximum absolute atomic E-state index is 12.7. The van der Waals surface area contributed by atoms with E-state index in [1.807, 2.05) is 18.2 Å². The molecule has 0 aromatic heterocycles. The first-order chi connectivity index (χ1) is 11.4. The van der Waals surface area contributed by atoms with Crippen LogP contribution in [0.3, 0.4) is 0 Å². The van der Waals surface area contributed by atoms with E-state index in [0.717, 1.165) is 6.42 Å². The van der Waals surface area contributed by atoms with Crippen molar-refractivity contribution in [3.8, 4) is 0 Å². The third-order valence-corrected chi connectivity index (χ3v) is 5.66. The van der Waals surface area contributed by atoms with E-state index < -0.39 is 0 Å². The Morgan fingerprint density at radius 3 is 2.38 bits per heavy atom. The van der Waals surface area contributed by atoms with Crippen molar-refractivity contribution in [3.05, 3.63) is 35.9 Å². The Morgan fingerprint density at radius 2 is 1.79 bits per heavy atom. The lowest BCUT2D eigenvalue weighted by Crippen LogP contribution is -2.36. The van der Waals surface area contributed by atoms with Gasteiger partial charge in [-0.25, -0.2) is 0 Å². The number of hydrogen-bond donors (Lipinski definition) is 0. The molecule has 1 aromatic rings. The second-order valence-electron chi connectivity index (χ2n) is 8.32. The van der Waals surface area contributed by atoms with Crippen LogP contribution in [0.4, 0.5) is 0 Å². The Hall–Kier alpha value is -1.31. The average molecular weight is 331 g/mol. The van der Waals surface area contributed by atoms with Crippen LogP contribution in [0.1, 0.15) is 71.8 Å². The minimum Gasteiger partial charge on any atom is -0.462 e. The number of esters is 1. The van der Waals surface area contributed by atoms with Gasteiger partial charge in [0.05, 0.1) is 6.42 Å². The molecule has 1 aromatic carbocycles. The van der Waals surface area contributed by atoms with Crippen molar-refractivity contribution in [1.29, 1.82) is 0 Å². The normalized spacial score (nSPS) is 25.7. The van der Waals surface area contributed by atoms with Crippen LogP contribution in [-0.4, -0.2) is 12.1 Å². The van der Waals surface area contributed by atoms with Gasteiger partial charge in [-0.05, 0) is 48.0 Å². The third kappa shape index (κ3) is 5.09. The third-order valence-electron chi connectivity index (χ3n) is 5.66. The number of ether oxygens (including phenoxy) is 1. The van der Waals surface area contributed by atoms with E-state index in [0.29, 0.717) is 30.1 Å². The first-order valence-corrected chi connectivity index (χ1v) is 9.62. The van der Waals surface area contributed by atoms with Gasteiger partial charge in [-0.3, -0.25) is 4.79 Å². The van der Waals surface area contributed by atoms with E-state index in [2.05, 4.69) is 46.8 Å². The van der Waals surface area contributed by atoms with Crippen molar-refractivity contribution in [2.45, 2.75) is 72.3 Å². The van der Waals surface area contributed by atoms with Crippen LogP contribution in [0.2, 0.25) is 0 Å². The summed E-state index contributed by atoms with van der Waals surface area (Å²) in [6.07, 6.45) is 4.05. The summed E-state index contributed by atoms with van der Waals surface area (Å²) in [6, 6.07) is 10.4. The highest BCUT2D eigenvalue weighted by Crippen LogP contribution is 2.36. The summed E-state index contributed by atoms with van der Waals surface area (Å²) in [5.74, 6) is 2.38. The molecule has 0 aliphatic heterocycles. The molecule has 0 N–H and O–H groups in total. The Bertz CT molecular complexity index is 506. The van der Waals surface area contributed by atoms with E-state index >= 15 is 0 Å². The Kier molecular flexibility index (Phi) is 6.89. The maximum atomic E-state index is 12.7. The van der Waals surface area contributed by atoms with Gasteiger partial charge in [0.25, 0.3) is 0 Å². The highest BCUT2D eigenvalue weighted by Gasteiger charge is 2.34. The Morgan fingerprint density at radius 1 is 1.12 bits per heavy atom. The quantitative estimate of drug-likeness (QED) is 0.614. The van der Waals surface area contributed by atoms with Gasteiger partial charge < -0.3 is 4.74 Å². The van der Waals surface area contributed by atoms with Crippen LogP contribution in [0.25, 0.3) is 0 Å². The molecule has 2 rings (SSSR count). The van der Waals surface area contributed by atoms with Gasteiger partial charge in [-0.2, -0.15) is 0 Å². The summed E-state index contributed by atoms with van der Waals surface area (Å²) in [7, 11) is 0. The molecule has 24 heavy (non-hydrogen) atoms. The molecule has 1 saturated carbocycles. The summed E-state index contributed by atoms with van der Waals surface area (Å²) >= 11 is 0. The average Bonchev–Trinajstić information content (AvgIpc) is 2.53. The molecular formula is C22H34O2. The standard InChI is InChI=1S/C22H34O2/c1-15(2)19-12-11-17(5)13-21(19)24-22(23)14-20(16(3)4)18-9-7-6-8-10-18/h6-10,15-17,19-21H,11-14H2,1-5H3/t17-,19+,20+,21-/m1/s1. The molecular weight excluding hydrogens is 296 g/mol. The molecule has 134 valence electrons. The zero-order valence-corrected chi connectivity index (χ0v) is 16.0. The molecule has 0 amide bonds. The van der Waals surface area contributed by atoms with Crippen LogP contribution >= 0.6 is 0 Å². The molecule has 0 bridgehead atoms. The molecule has 0 unspecified atom stereocenters. The number of hydrogen-bond acceptors (Lipinski definition) is 2. The summed E-state index contributed by atoms with van der Waals surface area (Å²) in [5.41, 5.74) is 1.24. The lowest BCUT2D eigenvalue weighted by molar-refractivity contribution is -0.156. The van der Waals surface area contributed by atoms with E-state index in [1.54, 1.807) is 0 Å². The fourth-order valence-electron chi connectivity index (χ4n) is 4.09. The van der Waals surface area contributed by atoms with Crippen LogP contribution in [0.15, 0.2) is 30.3 Å². The summed E-state index contributed by atoms with van der Waals surface area (Å²) in [6.45, 7) is 11.2. The van der Waals surface area contributed by atoms with Crippen molar-refractivity contribution >= 4 is 5.97 Å². The highest BCUT2D eigenvalue weighted by atomic mass is 16.5. The number of carbonyl (C=O) groups excluding carboxylic acids is 1. The molecule has 1 fully saturated rings. The molecule has 0 heterocycles. The van der Waals surface area contributed by atoms with Crippen molar-refractivity contribution < 1.29 is 9.53 Å². The molecule has 2 nitrogen and oxygen atoms in total. The zero-order valence-electron chi connectivity index (χ0n) is 16.0. The smallest absolute Gasteiger partial charge is 0.306 e. The zero-order chi connectivity index (χ0) is 17.7. The van der Waals surface area contributed by atoms with Crippen molar-refractivity contribution in [3.63, 3.8) is 0 Å². The maximum Gasteiger partial charge on any atom is 0.306 e. The van der Waals surface area contributed by atoms with E-state index in [1.165, 1.54) is 18.4 Å². The van der Waals surface area contributed by atoms with Gasteiger partial charge in [0, 0.05) is 0 Å². The predicted molar refractivity (Wildman–Crippen MR) is 99.9 cm³/mol. The highest BCUT2D eigenvalue weighted by molar-refractivity contribution is 5.71. The van der Waals surface area contributed by atoms with Crippen molar-refractivity contribution in [1.82, 2.24) is 0 Å². The monoisotopic (exact) mass is 330 g/mol.